The number of hydrogen-bond acceptors (Lipinski definition) is 2. The van der Waals surface area contributed by atoms with Gasteiger partial charge >= 0.3 is 0 Å². The van der Waals surface area contributed by atoms with Gasteiger partial charge in [-0.05, 0) is 31.4 Å². The Morgan fingerprint density at radius 3 is 2.68 bits per heavy atom. The Labute approximate surface area is 116 Å². The predicted octanol–water partition coefficient (Wildman–Crippen LogP) is 2.60. The zero-order chi connectivity index (χ0) is 13.8. The molecule has 2 rings (SSSR count). The molecule has 104 valence electrons. The number of rotatable bonds is 3. The van der Waals surface area contributed by atoms with Crippen LogP contribution in [-0.2, 0) is 0 Å². The summed E-state index contributed by atoms with van der Waals surface area (Å²) in [5.41, 5.74) is 1.91. The molecular formula is C16H24N2O. The Balaban J connectivity index is 2.22. The van der Waals surface area contributed by atoms with Gasteiger partial charge in [-0.1, -0.05) is 32.0 Å². The maximum Gasteiger partial charge on any atom is 0.254 e. The van der Waals surface area contributed by atoms with Crippen LogP contribution < -0.4 is 5.32 Å². The lowest BCUT2D eigenvalue weighted by atomic mass is 10.0. The van der Waals surface area contributed by atoms with E-state index in [9.17, 15) is 4.79 Å². The van der Waals surface area contributed by atoms with Gasteiger partial charge in [-0.25, -0.2) is 0 Å². The molecule has 3 heteroatoms. The van der Waals surface area contributed by atoms with Crippen LogP contribution in [0.5, 0.6) is 0 Å². The van der Waals surface area contributed by atoms with Crippen molar-refractivity contribution < 1.29 is 4.79 Å². The van der Waals surface area contributed by atoms with Gasteiger partial charge in [0.25, 0.3) is 5.91 Å². The molecule has 1 aliphatic rings. The zero-order valence-corrected chi connectivity index (χ0v) is 12.1. The molecule has 2 unspecified atom stereocenters. The number of nitrogens with one attached hydrogen (secondary N) is 1. The fourth-order valence-corrected chi connectivity index (χ4v) is 2.72. The summed E-state index contributed by atoms with van der Waals surface area (Å²) in [6, 6.07) is 8.61. The molecule has 0 saturated carbocycles. The monoisotopic (exact) mass is 260 g/mol. The largest absolute Gasteiger partial charge is 0.333 e. The highest BCUT2D eigenvalue weighted by atomic mass is 16.2. The van der Waals surface area contributed by atoms with Crippen LogP contribution in [0.25, 0.3) is 0 Å². The molecule has 19 heavy (non-hydrogen) atoms. The number of amides is 1. The first-order chi connectivity index (χ1) is 9.17. The highest BCUT2D eigenvalue weighted by molar-refractivity contribution is 5.96. The molecule has 1 fully saturated rings. The maximum atomic E-state index is 12.7. The van der Waals surface area contributed by atoms with Crippen molar-refractivity contribution in [1.29, 1.82) is 0 Å². The van der Waals surface area contributed by atoms with Crippen molar-refractivity contribution in [2.75, 3.05) is 13.1 Å². The molecule has 1 N–H and O–H groups in total. The lowest BCUT2D eigenvalue weighted by molar-refractivity contribution is 0.0575. The minimum atomic E-state index is 0.185. The molecule has 0 aromatic heterocycles. The van der Waals surface area contributed by atoms with Gasteiger partial charge < -0.3 is 10.2 Å². The molecule has 1 amide bonds. The Morgan fingerprint density at radius 1 is 1.32 bits per heavy atom. The van der Waals surface area contributed by atoms with E-state index in [1.54, 1.807) is 0 Å². The van der Waals surface area contributed by atoms with E-state index in [1.807, 2.05) is 31.2 Å². The molecule has 1 aromatic carbocycles. The Kier molecular flexibility index (Phi) is 4.59. The molecular weight excluding hydrogens is 236 g/mol. The topological polar surface area (TPSA) is 32.3 Å². The lowest BCUT2D eigenvalue weighted by Gasteiger charge is -2.40. The number of carbonyl (C=O) groups excluding carboxylic acids is 1. The summed E-state index contributed by atoms with van der Waals surface area (Å²) in [4.78, 5) is 14.8. The normalized spacial score (nSPS) is 23.4. The SMILES string of the molecule is CCC1CN(C(=O)c2ccccc2C)C(CC)CN1. The van der Waals surface area contributed by atoms with E-state index < -0.39 is 0 Å². The molecule has 1 heterocycles. The van der Waals surface area contributed by atoms with Crippen molar-refractivity contribution in [2.24, 2.45) is 0 Å². The maximum absolute atomic E-state index is 12.7. The Bertz CT molecular complexity index is 444. The van der Waals surface area contributed by atoms with Crippen molar-refractivity contribution in [3.05, 3.63) is 35.4 Å². The molecule has 1 aliphatic heterocycles. The van der Waals surface area contributed by atoms with Crippen LogP contribution in [0.1, 0.15) is 42.6 Å². The molecule has 0 aliphatic carbocycles. The third-order valence-electron chi connectivity index (χ3n) is 4.10. The van der Waals surface area contributed by atoms with Crippen molar-refractivity contribution in [2.45, 2.75) is 45.7 Å². The number of nitrogens with zero attached hydrogens (tertiary/aromatic N) is 1. The highest BCUT2D eigenvalue weighted by Crippen LogP contribution is 2.18. The van der Waals surface area contributed by atoms with Crippen LogP contribution in [0.15, 0.2) is 24.3 Å². The van der Waals surface area contributed by atoms with Gasteiger partial charge in [0.15, 0.2) is 0 Å². The Morgan fingerprint density at radius 2 is 2.05 bits per heavy atom. The summed E-state index contributed by atoms with van der Waals surface area (Å²) >= 11 is 0. The number of benzene rings is 1. The summed E-state index contributed by atoms with van der Waals surface area (Å²) < 4.78 is 0. The zero-order valence-electron chi connectivity index (χ0n) is 12.1. The number of carbonyl (C=O) groups is 1. The van der Waals surface area contributed by atoms with Crippen molar-refractivity contribution in [1.82, 2.24) is 10.2 Å². The second-order valence-electron chi connectivity index (χ2n) is 5.35. The van der Waals surface area contributed by atoms with E-state index in [4.69, 9.17) is 0 Å². The van der Waals surface area contributed by atoms with Gasteiger partial charge in [0.1, 0.15) is 0 Å². The third kappa shape index (κ3) is 2.98. The van der Waals surface area contributed by atoms with Crippen molar-refractivity contribution >= 4 is 5.91 Å². The molecule has 1 aromatic rings. The first-order valence-corrected chi connectivity index (χ1v) is 7.27. The van der Waals surface area contributed by atoms with E-state index in [0.29, 0.717) is 12.1 Å². The molecule has 0 spiro atoms. The number of piperazine rings is 1. The first-order valence-electron chi connectivity index (χ1n) is 7.27. The van der Waals surface area contributed by atoms with Crippen LogP contribution in [0, 0.1) is 6.92 Å². The van der Waals surface area contributed by atoms with Gasteiger partial charge in [0, 0.05) is 30.7 Å². The van der Waals surface area contributed by atoms with Gasteiger partial charge in [0.2, 0.25) is 0 Å². The minimum Gasteiger partial charge on any atom is -0.333 e. The Hall–Kier alpha value is -1.35. The van der Waals surface area contributed by atoms with Gasteiger partial charge in [-0.15, -0.1) is 0 Å². The van der Waals surface area contributed by atoms with Crippen LogP contribution in [0.2, 0.25) is 0 Å². The highest BCUT2D eigenvalue weighted by Gasteiger charge is 2.30. The molecule has 0 bridgehead atoms. The standard InChI is InChI=1S/C16H24N2O/c1-4-13-11-18(14(5-2)10-17-13)16(19)15-9-7-6-8-12(15)3/h6-9,13-14,17H,4-5,10-11H2,1-3H3. The van der Waals surface area contributed by atoms with E-state index in [2.05, 4.69) is 24.1 Å². The van der Waals surface area contributed by atoms with E-state index in [0.717, 1.165) is 37.1 Å². The molecule has 1 saturated heterocycles. The third-order valence-corrected chi connectivity index (χ3v) is 4.10. The van der Waals surface area contributed by atoms with E-state index in [-0.39, 0.29) is 5.91 Å². The van der Waals surface area contributed by atoms with E-state index in [1.165, 1.54) is 0 Å². The number of hydrogen-bond donors (Lipinski definition) is 1. The molecule has 2 atom stereocenters. The number of aryl methyl sites for hydroxylation is 1. The molecule has 3 nitrogen and oxygen atoms in total. The van der Waals surface area contributed by atoms with Crippen LogP contribution in [-0.4, -0.2) is 36.0 Å². The van der Waals surface area contributed by atoms with Crippen LogP contribution in [0.3, 0.4) is 0 Å². The van der Waals surface area contributed by atoms with Gasteiger partial charge in [0.05, 0.1) is 0 Å². The van der Waals surface area contributed by atoms with Gasteiger partial charge in [-0.3, -0.25) is 4.79 Å². The quantitative estimate of drug-likeness (QED) is 0.906. The summed E-state index contributed by atoms with van der Waals surface area (Å²) in [5, 5.41) is 3.53. The molecule has 0 radical (unpaired) electrons. The predicted molar refractivity (Wildman–Crippen MR) is 78.4 cm³/mol. The average Bonchev–Trinajstić information content (AvgIpc) is 2.46. The van der Waals surface area contributed by atoms with Crippen molar-refractivity contribution in [3.63, 3.8) is 0 Å². The van der Waals surface area contributed by atoms with E-state index >= 15 is 0 Å². The summed E-state index contributed by atoms with van der Waals surface area (Å²) in [7, 11) is 0. The lowest BCUT2D eigenvalue weighted by Crippen LogP contribution is -2.58. The second-order valence-corrected chi connectivity index (χ2v) is 5.35. The van der Waals surface area contributed by atoms with Crippen LogP contribution >= 0.6 is 0 Å². The first kappa shape index (κ1) is 14.1. The summed E-state index contributed by atoms with van der Waals surface area (Å²) in [6.45, 7) is 8.06. The minimum absolute atomic E-state index is 0.185. The second kappa shape index (κ2) is 6.20. The summed E-state index contributed by atoms with van der Waals surface area (Å²) in [6.07, 6.45) is 2.06. The smallest absolute Gasteiger partial charge is 0.254 e. The average molecular weight is 260 g/mol. The fraction of sp³-hybridized carbons (Fsp3) is 0.562. The van der Waals surface area contributed by atoms with Crippen molar-refractivity contribution in [3.8, 4) is 0 Å². The summed E-state index contributed by atoms with van der Waals surface area (Å²) in [5.74, 6) is 0.185. The van der Waals surface area contributed by atoms with Crippen LogP contribution in [0.4, 0.5) is 0 Å². The fourth-order valence-electron chi connectivity index (χ4n) is 2.72. The van der Waals surface area contributed by atoms with Gasteiger partial charge in [-0.2, -0.15) is 0 Å².